The van der Waals surface area contributed by atoms with Crippen LogP contribution in [0.4, 0.5) is 0 Å². The third-order valence-corrected chi connectivity index (χ3v) is 3.56. The molecule has 1 fully saturated rings. The molecule has 2 nitrogen and oxygen atoms in total. The van der Waals surface area contributed by atoms with Crippen LogP contribution >= 0.6 is 11.3 Å². The van der Waals surface area contributed by atoms with Crippen LogP contribution in [0.3, 0.4) is 0 Å². The van der Waals surface area contributed by atoms with Gasteiger partial charge in [0.15, 0.2) is 0 Å². The Bertz CT molecular complexity index is 331. The van der Waals surface area contributed by atoms with Gasteiger partial charge in [-0.05, 0) is 12.8 Å². The summed E-state index contributed by atoms with van der Waals surface area (Å²) in [6.45, 7) is 6.59. The van der Waals surface area contributed by atoms with Crippen LogP contribution in [0.1, 0.15) is 44.3 Å². The molecule has 78 valence electrons. The van der Waals surface area contributed by atoms with E-state index in [9.17, 15) is 0 Å². The molecule has 2 N–H and O–H groups in total. The molecule has 1 heterocycles. The van der Waals surface area contributed by atoms with Crippen molar-refractivity contribution >= 4 is 11.3 Å². The molecule has 1 aromatic heterocycles. The summed E-state index contributed by atoms with van der Waals surface area (Å²) in [5.41, 5.74) is 7.52. The van der Waals surface area contributed by atoms with E-state index in [0.717, 1.165) is 19.3 Å². The molecule has 1 aliphatic rings. The van der Waals surface area contributed by atoms with Crippen molar-refractivity contribution in [2.75, 3.05) is 0 Å². The van der Waals surface area contributed by atoms with Crippen LogP contribution in [-0.4, -0.2) is 10.5 Å². The van der Waals surface area contributed by atoms with Crippen LogP contribution in [0, 0.1) is 0 Å². The normalized spacial score (nSPS) is 19.7. The van der Waals surface area contributed by atoms with E-state index in [0.29, 0.717) is 0 Å². The first-order valence-corrected chi connectivity index (χ1v) is 6.01. The Balaban J connectivity index is 2.10. The summed E-state index contributed by atoms with van der Waals surface area (Å²) in [4.78, 5) is 4.65. The molecule has 0 spiro atoms. The fraction of sp³-hybridized carbons (Fsp3) is 0.727. The SMILES string of the molecule is CC(C)(C)c1csc(CC2(N)CC2)n1. The molecule has 0 aromatic carbocycles. The lowest BCUT2D eigenvalue weighted by Crippen LogP contribution is -2.24. The quantitative estimate of drug-likeness (QED) is 0.814. The Kier molecular flexibility index (Phi) is 2.20. The first-order chi connectivity index (χ1) is 6.39. The van der Waals surface area contributed by atoms with Crippen molar-refractivity contribution in [3.63, 3.8) is 0 Å². The van der Waals surface area contributed by atoms with Gasteiger partial charge in [0.25, 0.3) is 0 Å². The molecule has 0 radical (unpaired) electrons. The third kappa shape index (κ3) is 2.15. The molecule has 0 aliphatic heterocycles. The van der Waals surface area contributed by atoms with Crippen molar-refractivity contribution in [3.05, 3.63) is 16.1 Å². The Morgan fingerprint density at radius 1 is 1.50 bits per heavy atom. The van der Waals surface area contributed by atoms with Gasteiger partial charge in [-0.1, -0.05) is 20.8 Å². The summed E-state index contributed by atoms with van der Waals surface area (Å²) in [6.07, 6.45) is 3.29. The zero-order valence-electron chi connectivity index (χ0n) is 9.13. The number of hydrogen-bond acceptors (Lipinski definition) is 3. The maximum atomic E-state index is 6.06. The van der Waals surface area contributed by atoms with Gasteiger partial charge in [-0.25, -0.2) is 4.98 Å². The fourth-order valence-electron chi connectivity index (χ4n) is 1.38. The Labute approximate surface area is 89.5 Å². The number of hydrogen-bond donors (Lipinski definition) is 1. The molecule has 14 heavy (non-hydrogen) atoms. The number of rotatable bonds is 2. The number of nitrogens with two attached hydrogens (primary N) is 1. The number of aromatic nitrogens is 1. The highest BCUT2D eigenvalue weighted by Gasteiger charge is 2.39. The highest BCUT2D eigenvalue weighted by Crippen LogP contribution is 2.36. The lowest BCUT2D eigenvalue weighted by molar-refractivity contribution is 0.567. The Morgan fingerprint density at radius 3 is 2.57 bits per heavy atom. The van der Waals surface area contributed by atoms with E-state index in [-0.39, 0.29) is 11.0 Å². The van der Waals surface area contributed by atoms with Gasteiger partial charge in [-0.3, -0.25) is 0 Å². The van der Waals surface area contributed by atoms with Crippen LogP contribution < -0.4 is 5.73 Å². The molecule has 0 atom stereocenters. The van der Waals surface area contributed by atoms with Gasteiger partial charge in [0.2, 0.25) is 0 Å². The van der Waals surface area contributed by atoms with Crippen LogP contribution in [-0.2, 0) is 11.8 Å². The molecule has 0 bridgehead atoms. The summed E-state index contributed by atoms with van der Waals surface area (Å²) in [6, 6.07) is 0. The van der Waals surface area contributed by atoms with E-state index in [4.69, 9.17) is 5.73 Å². The summed E-state index contributed by atoms with van der Waals surface area (Å²) in [7, 11) is 0. The van der Waals surface area contributed by atoms with Crippen molar-refractivity contribution in [1.82, 2.24) is 4.98 Å². The first kappa shape index (κ1) is 10.1. The molecule has 3 heteroatoms. The van der Waals surface area contributed by atoms with E-state index in [1.165, 1.54) is 10.7 Å². The van der Waals surface area contributed by atoms with E-state index < -0.39 is 0 Å². The second kappa shape index (κ2) is 3.04. The van der Waals surface area contributed by atoms with Crippen LogP contribution in [0.5, 0.6) is 0 Å². The molecule has 1 aromatic rings. The molecule has 0 amide bonds. The molecule has 0 unspecified atom stereocenters. The summed E-state index contributed by atoms with van der Waals surface area (Å²) >= 11 is 1.75. The van der Waals surface area contributed by atoms with Gasteiger partial charge in [0, 0.05) is 22.8 Å². The topological polar surface area (TPSA) is 38.9 Å². The molecule has 2 rings (SSSR count). The number of thiazole rings is 1. The van der Waals surface area contributed by atoms with Gasteiger partial charge in [0.05, 0.1) is 10.7 Å². The standard InChI is InChI=1S/C11H18N2S/c1-10(2,3)8-7-14-9(13-8)6-11(12)4-5-11/h7H,4-6,12H2,1-3H3. The first-order valence-electron chi connectivity index (χ1n) is 5.13. The second-order valence-corrected chi connectivity index (χ2v) is 6.36. The monoisotopic (exact) mass is 210 g/mol. The van der Waals surface area contributed by atoms with Gasteiger partial charge in [-0.2, -0.15) is 0 Å². The minimum absolute atomic E-state index is 0.0903. The highest BCUT2D eigenvalue weighted by molar-refractivity contribution is 7.09. The average Bonchev–Trinajstić information content (AvgIpc) is 2.61. The largest absolute Gasteiger partial charge is 0.325 e. The van der Waals surface area contributed by atoms with E-state index in [1.807, 2.05) is 0 Å². The Hall–Kier alpha value is -0.410. The minimum Gasteiger partial charge on any atom is -0.325 e. The van der Waals surface area contributed by atoms with Gasteiger partial charge >= 0.3 is 0 Å². The van der Waals surface area contributed by atoms with E-state index in [1.54, 1.807) is 11.3 Å². The molecule has 1 aliphatic carbocycles. The maximum absolute atomic E-state index is 6.06. The number of nitrogens with zero attached hydrogens (tertiary/aromatic N) is 1. The van der Waals surface area contributed by atoms with Gasteiger partial charge in [-0.15, -0.1) is 11.3 Å². The fourth-order valence-corrected chi connectivity index (χ4v) is 2.55. The van der Waals surface area contributed by atoms with Crippen molar-refractivity contribution in [2.45, 2.75) is 51.0 Å². The van der Waals surface area contributed by atoms with E-state index in [2.05, 4.69) is 31.1 Å². The van der Waals surface area contributed by atoms with Gasteiger partial charge < -0.3 is 5.73 Å². The lowest BCUT2D eigenvalue weighted by Gasteiger charge is -2.14. The van der Waals surface area contributed by atoms with Crippen LogP contribution in [0.2, 0.25) is 0 Å². The maximum Gasteiger partial charge on any atom is 0.0946 e. The average molecular weight is 210 g/mol. The Morgan fingerprint density at radius 2 is 2.14 bits per heavy atom. The summed E-state index contributed by atoms with van der Waals surface area (Å²) < 4.78 is 0. The summed E-state index contributed by atoms with van der Waals surface area (Å²) in [5, 5.41) is 3.37. The smallest absolute Gasteiger partial charge is 0.0946 e. The molecular formula is C11H18N2S. The predicted molar refractivity (Wildman–Crippen MR) is 60.7 cm³/mol. The zero-order valence-corrected chi connectivity index (χ0v) is 9.95. The molecule has 0 saturated heterocycles. The minimum atomic E-state index is 0.0903. The highest BCUT2D eigenvalue weighted by atomic mass is 32.1. The van der Waals surface area contributed by atoms with Crippen molar-refractivity contribution < 1.29 is 0 Å². The van der Waals surface area contributed by atoms with E-state index >= 15 is 0 Å². The predicted octanol–water partition coefficient (Wildman–Crippen LogP) is 2.47. The van der Waals surface area contributed by atoms with Gasteiger partial charge in [0.1, 0.15) is 0 Å². The second-order valence-electron chi connectivity index (χ2n) is 5.42. The van der Waals surface area contributed by atoms with Crippen molar-refractivity contribution in [3.8, 4) is 0 Å². The van der Waals surface area contributed by atoms with Crippen LogP contribution in [0.25, 0.3) is 0 Å². The zero-order chi connectivity index (χ0) is 10.4. The summed E-state index contributed by atoms with van der Waals surface area (Å²) in [5.74, 6) is 0. The molecule has 1 saturated carbocycles. The van der Waals surface area contributed by atoms with Crippen molar-refractivity contribution in [1.29, 1.82) is 0 Å². The van der Waals surface area contributed by atoms with Crippen molar-refractivity contribution in [2.24, 2.45) is 5.73 Å². The van der Waals surface area contributed by atoms with Crippen LogP contribution in [0.15, 0.2) is 5.38 Å². The molecular weight excluding hydrogens is 192 g/mol. The lowest BCUT2D eigenvalue weighted by atomic mass is 9.93. The third-order valence-electron chi connectivity index (χ3n) is 2.72.